The number of aryl methyl sites for hydroxylation is 2. The third kappa shape index (κ3) is 2.61. The van der Waals surface area contributed by atoms with Crippen LogP contribution in [-0.4, -0.2) is 20.8 Å². The molecule has 3 heteroatoms. The molecule has 1 aliphatic carbocycles. The van der Waals surface area contributed by atoms with Crippen LogP contribution in [0.4, 0.5) is 0 Å². The first kappa shape index (κ1) is 13.6. The minimum absolute atomic E-state index is 0.141. The molecule has 0 amide bonds. The van der Waals surface area contributed by atoms with Crippen molar-refractivity contribution >= 4 is 0 Å². The van der Waals surface area contributed by atoms with Gasteiger partial charge in [0.25, 0.3) is 0 Å². The van der Waals surface area contributed by atoms with E-state index in [2.05, 4.69) is 43.4 Å². The van der Waals surface area contributed by atoms with Crippen LogP contribution in [-0.2, 0) is 6.42 Å². The summed E-state index contributed by atoms with van der Waals surface area (Å²) in [4.78, 5) is 4.60. The third-order valence-corrected chi connectivity index (χ3v) is 4.30. The molecule has 18 heavy (non-hydrogen) atoms. The summed E-state index contributed by atoms with van der Waals surface area (Å²) in [5, 5.41) is 9.98. The second kappa shape index (κ2) is 5.43. The number of hydrogen-bond acceptors (Lipinski definition) is 2. The summed E-state index contributed by atoms with van der Waals surface area (Å²) < 4.78 is 2.34. The monoisotopic (exact) mass is 250 g/mol. The fraction of sp³-hybridized carbons (Fsp3) is 0.800. The lowest BCUT2D eigenvalue weighted by molar-refractivity contribution is 0.0558. The molecule has 3 unspecified atom stereocenters. The topological polar surface area (TPSA) is 38.0 Å². The van der Waals surface area contributed by atoms with Gasteiger partial charge in [-0.15, -0.1) is 0 Å². The van der Waals surface area contributed by atoms with Gasteiger partial charge in [-0.05, 0) is 38.0 Å². The summed E-state index contributed by atoms with van der Waals surface area (Å²) in [5.41, 5.74) is 1.09. The molecule has 0 saturated heterocycles. The van der Waals surface area contributed by atoms with E-state index in [1.54, 1.807) is 0 Å². The highest BCUT2D eigenvalue weighted by molar-refractivity contribution is 5.05. The van der Waals surface area contributed by atoms with Crippen LogP contribution in [0.25, 0.3) is 0 Å². The Kier molecular flexibility index (Phi) is 4.10. The normalized spacial score (nSPS) is 28.9. The lowest BCUT2D eigenvalue weighted by Crippen LogP contribution is -2.33. The average Bonchev–Trinajstić information content (AvgIpc) is 2.69. The summed E-state index contributed by atoms with van der Waals surface area (Å²) in [6.07, 6.45) is 5.95. The van der Waals surface area contributed by atoms with Crippen LogP contribution in [0.2, 0.25) is 0 Å². The fourth-order valence-electron chi connectivity index (χ4n) is 3.36. The maximum atomic E-state index is 9.98. The molecule has 0 spiro atoms. The summed E-state index contributed by atoms with van der Waals surface area (Å²) >= 11 is 0. The molecule has 1 heterocycles. The Bertz CT molecular complexity index is 397. The van der Waals surface area contributed by atoms with Crippen molar-refractivity contribution in [2.75, 3.05) is 0 Å². The van der Waals surface area contributed by atoms with Gasteiger partial charge >= 0.3 is 0 Å². The Labute approximate surface area is 110 Å². The SMILES string of the molecule is CCc1nc(C)cn1C1CC(O)CCC1C(C)C. The molecule has 0 aliphatic heterocycles. The molecule has 102 valence electrons. The summed E-state index contributed by atoms with van der Waals surface area (Å²) in [6, 6.07) is 0.421. The Morgan fingerprint density at radius 1 is 1.44 bits per heavy atom. The van der Waals surface area contributed by atoms with Gasteiger partial charge in [0.2, 0.25) is 0 Å². The molecule has 1 fully saturated rings. The molecule has 1 N–H and O–H groups in total. The van der Waals surface area contributed by atoms with Crippen molar-refractivity contribution in [2.45, 2.75) is 65.5 Å². The van der Waals surface area contributed by atoms with Crippen molar-refractivity contribution in [3.8, 4) is 0 Å². The lowest BCUT2D eigenvalue weighted by atomic mass is 9.76. The number of aliphatic hydroxyl groups is 1. The van der Waals surface area contributed by atoms with Gasteiger partial charge in [0, 0.05) is 18.7 Å². The standard InChI is InChI=1S/C15H26N2O/c1-5-15-16-11(4)9-17(15)14-8-12(18)6-7-13(14)10(2)3/h9-10,12-14,18H,5-8H2,1-4H3. The highest BCUT2D eigenvalue weighted by Crippen LogP contribution is 2.39. The zero-order valence-corrected chi connectivity index (χ0v) is 12.1. The van der Waals surface area contributed by atoms with Crippen LogP contribution in [0, 0.1) is 18.8 Å². The summed E-state index contributed by atoms with van der Waals surface area (Å²) in [7, 11) is 0. The van der Waals surface area contributed by atoms with Crippen LogP contribution in [0.3, 0.4) is 0 Å². The molecule has 1 saturated carbocycles. The molecule has 1 aromatic rings. The van der Waals surface area contributed by atoms with E-state index in [0.29, 0.717) is 17.9 Å². The predicted octanol–water partition coefficient (Wildman–Crippen LogP) is 3.11. The van der Waals surface area contributed by atoms with Crippen molar-refractivity contribution in [1.82, 2.24) is 9.55 Å². The van der Waals surface area contributed by atoms with Crippen LogP contribution >= 0.6 is 0 Å². The third-order valence-electron chi connectivity index (χ3n) is 4.30. The molecule has 1 aromatic heterocycles. The van der Waals surface area contributed by atoms with E-state index in [-0.39, 0.29) is 6.10 Å². The Hall–Kier alpha value is -0.830. The Morgan fingerprint density at radius 3 is 2.78 bits per heavy atom. The molecule has 3 nitrogen and oxygen atoms in total. The molecule has 3 atom stereocenters. The number of nitrogens with zero attached hydrogens (tertiary/aromatic N) is 2. The van der Waals surface area contributed by atoms with E-state index in [4.69, 9.17) is 0 Å². The second-order valence-electron chi connectivity index (χ2n) is 6.00. The van der Waals surface area contributed by atoms with Crippen molar-refractivity contribution in [2.24, 2.45) is 11.8 Å². The highest BCUT2D eigenvalue weighted by Gasteiger charge is 2.33. The van der Waals surface area contributed by atoms with Gasteiger partial charge in [0.05, 0.1) is 11.8 Å². The molecule has 2 rings (SSSR count). The van der Waals surface area contributed by atoms with Crippen LogP contribution < -0.4 is 0 Å². The van der Waals surface area contributed by atoms with Crippen LogP contribution in [0.1, 0.15) is 57.6 Å². The van der Waals surface area contributed by atoms with Gasteiger partial charge in [0.15, 0.2) is 0 Å². The molecule has 0 aromatic carbocycles. The number of hydrogen-bond donors (Lipinski definition) is 1. The van der Waals surface area contributed by atoms with Gasteiger partial charge in [-0.3, -0.25) is 0 Å². The van der Waals surface area contributed by atoms with Crippen LogP contribution in [0.15, 0.2) is 6.20 Å². The largest absolute Gasteiger partial charge is 0.393 e. The minimum atomic E-state index is -0.141. The first-order valence-electron chi connectivity index (χ1n) is 7.25. The number of imidazole rings is 1. The Morgan fingerprint density at radius 2 is 2.17 bits per heavy atom. The zero-order chi connectivity index (χ0) is 13.3. The average molecular weight is 250 g/mol. The maximum absolute atomic E-state index is 9.98. The van der Waals surface area contributed by atoms with E-state index in [1.807, 2.05) is 0 Å². The van der Waals surface area contributed by atoms with E-state index < -0.39 is 0 Å². The Balaban J connectivity index is 2.31. The fourth-order valence-corrected chi connectivity index (χ4v) is 3.36. The van der Waals surface area contributed by atoms with Gasteiger partial charge in [0.1, 0.15) is 5.82 Å². The highest BCUT2D eigenvalue weighted by atomic mass is 16.3. The van der Waals surface area contributed by atoms with Gasteiger partial charge < -0.3 is 9.67 Å². The molecule has 0 radical (unpaired) electrons. The van der Waals surface area contributed by atoms with Crippen molar-refractivity contribution in [3.05, 3.63) is 17.7 Å². The minimum Gasteiger partial charge on any atom is -0.393 e. The van der Waals surface area contributed by atoms with E-state index in [1.165, 1.54) is 0 Å². The molecule has 0 bridgehead atoms. The van der Waals surface area contributed by atoms with Crippen LogP contribution in [0.5, 0.6) is 0 Å². The smallest absolute Gasteiger partial charge is 0.108 e. The zero-order valence-electron chi connectivity index (χ0n) is 12.1. The number of rotatable bonds is 3. The van der Waals surface area contributed by atoms with Crippen molar-refractivity contribution in [1.29, 1.82) is 0 Å². The summed E-state index contributed by atoms with van der Waals surface area (Å²) in [5.74, 6) is 2.49. The van der Waals surface area contributed by atoms with Gasteiger partial charge in [-0.25, -0.2) is 4.98 Å². The second-order valence-corrected chi connectivity index (χ2v) is 6.00. The molecular weight excluding hydrogens is 224 g/mol. The predicted molar refractivity (Wildman–Crippen MR) is 73.6 cm³/mol. The number of aliphatic hydroxyl groups excluding tert-OH is 1. The van der Waals surface area contributed by atoms with E-state index in [9.17, 15) is 5.11 Å². The van der Waals surface area contributed by atoms with Crippen molar-refractivity contribution < 1.29 is 5.11 Å². The van der Waals surface area contributed by atoms with E-state index in [0.717, 1.165) is 37.2 Å². The number of aromatic nitrogens is 2. The maximum Gasteiger partial charge on any atom is 0.108 e. The first-order valence-corrected chi connectivity index (χ1v) is 7.25. The van der Waals surface area contributed by atoms with Crippen molar-refractivity contribution in [3.63, 3.8) is 0 Å². The van der Waals surface area contributed by atoms with Gasteiger partial charge in [-0.2, -0.15) is 0 Å². The molecular formula is C15H26N2O. The first-order chi connectivity index (χ1) is 8.52. The molecule has 1 aliphatic rings. The van der Waals surface area contributed by atoms with Gasteiger partial charge in [-0.1, -0.05) is 20.8 Å². The lowest BCUT2D eigenvalue weighted by Gasteiger charge is -2.38. The summed E-state index contributed by atoms with van der Waals surface area (Å²) in [6.45, 7) is 8.80. The van der Waals surface area contributed by atoms with E-state index >= 15 is 0 Å². The quantitative estimate of drug-likeness (QED) is 0.895.